The summed E-state index contributed by atoms with van der Waals surface area (Å²) in [6, 6.07) is 0. The van der Waals surface area contributed by atoms with Gasteiger partial charge in [0.2, 0.25) is 11.6 Å². The van der Waals surface area contributed by atoms with Gasteiger partial charge in [-0.05, 0) is 0 Å². The zero-order chi connectivity index (χ0) is 16.9. The molecular formula is C18H24N2O2. The molecule has 1 aliphatic carbocycles. The minimum atomic E-state index is -0.680. The molecule has 2 rings (SSSR count). The molecule has 0 saturated heterocycles. The molecule has 0 fully saturated rings. The van der Waals surface area contributed by atoms with Gasteiger partial charge in [0, 0.05) is 29.3 Å². The normalized spacial score (nSPS) is 27.5. The van der Waals surface area contributed by atoms with Crippen molar-refractivity contribution < 1.29 is 9.59 Å². The Labute approximate surface area is 132 Å². The molecule has 0 saturated carbocycles. The largest absolute Gasteiger partial charge is 0.337 e. The molecule has 0 aromatic carbocycles. The average molecular weight is 300 g/mol. The smallest absolute Gasteiger partial charge is 0.228 e. The molecule has 1 amide bonds. The lowest BCUT2D eigenvalue weighted by atomic mass is 9.61. The Morgan fingerprint density at radius 3 is 2.41 bits per heavy atom. The molecule has 2 aliphatic rings. The number of carbonyl (C=O) groups excluding carboxylic acids is 2. The minimum Gasteiger partial charge on any atom is -0.337 e. The second-order valence-corrected chi connectivity index (χ2v) is 8.07. The van der Waals surface area contributed by atoms with Crippen molar-refractivity contribution in [3.63, 3.8) is 0 Å². The maximum absolute atomic E-state index is 12.6. The highest BCUT2D eigenvalue weighted by Crippen LogP contribution is 2.50. The fourth-order valence-electron chi connectivity index (χ4n) is 3.60. The Morgan fingerprint density at radius 1 is 1.32 bits per heavy atom. The number of ketones is 1. The van der Waals surface area contributed by atoms with Gasteiger partial charge in [-0.25, -0.2) is 4.85 Å². The van der Waals surface area contributed by atoms with Crippen LogP contribution in [0.15, 0.2) is 23.4 Å². The van der Waals surface area contributed by atoms with Crippen molar-refractivity contribution in [1.29, 1.82) is 0 Å². The standard InChI is InChI=1S/C18H24N2O2/c1-16(2,3)15(22)20-9-8-13-17(4,5)14(21)12(19-7)10-18(13,6)11-20/h8,10H,9,11H2,1-6H3/t18-/m0/s1. The summed E-state index contributed by atoms with van der Waals surface area (Å²) in [6.45, 7) is 19.8. The average Bonchev–Trinajstić information content (AvgIpc) is 2.40. The summed E-state index contributed by atoms with van der Waals surface area (Å²) in [5.41, 5.74) is -0.352. The topological polar surface area (TPSA) is 41.7 Å². The van der Waals surface area contributed by atoms with E-state index in [0.29, 0.717) is 13.1 Å². The highest BCUT2D eigenvalue weighted by atomic mass is 16.2. The molecule has 0 aromatic rings. The first kappa shape index (κ1) is 16.5. The molecule has 1 atom stereocenters. The van der Waals surface area contributed by atoms with Crippen LogP contribution in [0, 0.1) is 22.8 Å². The maximum atomic E-state index is 12.6. The summed E-state index contributed by atoms with van der Waals surface area (Å²) in [6.07, 6.45) is 3.75. The van der Waals surface area contributed by atoms with Gasteiger partial charge in [-0.1, -0.05) is 59.3 Å². The summed E-state index contributed by atoms with van der Waals surface area (Å²) in [5, 5.41) is 0. The SMILES string of the molecule is [C-]#[N+]C1=C[C@@]2(C)CN(C(=O)C(C)(C)C)CC=C2C(C)(C)C1=O. The Balaban J connectivity index is 2.49. The first-order valence-electron chi connectivity index (χ1n) is 7.59. The second kappa shape index (κ2) is 4.81. The van der Waals surface area contributed by atoms with Crippen LogP contribution in [-0.2, 0) is 9.59 Å². The van der Waals surface area contributed by atoms with E-state index in [1.165, 1.54) is 0 Å². The van der Waals surface area contributed by atoms with E-state index < -0.39 is 16.2 Å². The third-order valence-electron chi connectivity index (χ3n) is 4.63. The van der Waals surface area contributed by atoms with Crippen LogP contribution in [0.5, 0.6) is 0 Å². The van der Waals surface area contributed by atoms with E-state index in [-0.39, 0.29) is 17.4 Å². The highest BCUT2D eigenvalue weighted by Gasteiger charge is 2.49. The monoisotopic (exact) mass is 300 g/mol. The highest BCUT2D eigenvalue weighted by molar-refractivity contribution is 6.04. The zero-order valence-corrected chi connectivity index (χ0v) is 14.3. The number of rotatable bonds is 0. The van der Waals surface area contributed by atoms with Crippen LogP contribution in [0.25, 0.3) is 4.85 Å². The molecule has 4 nitrogen and oxygen atoms in total. The molecule has 1 heterocycles. The fourth-order valence-corrected chi connectivity index (χ4v) is 3.60. The predicted molar refractivity (Wildman–Crippen MR) is 85.7 cm³/mol. The van der Waals surface area contributed by atoms with Gasteiger partial charge in [-0.2, -0.15) is 0 Å². The zero-order valence-electron chi connectivity index (χ0n) is 14.3. The van der Waals surface area contributed by atoms with Crippen molar-refractivity contribution >= 4 is 11.7 Å². The van der Waals surface area contributed by atoms with Crippen molar-refractivity contribution in [3.05, 3.63) is 34.8 Å². The molecule has 1 aliphatic heterocycles. The van der Waals surface area contributed by atoms with Gasteiger partial charge in [0.1, 0.15) is 0 Å². The molecule has 0 spiro atoms. The van der Waals surface area contributed by atoms with E-state index in [1.807, 2.05) is 52.5 Å². The number of Topliss-reactive ketones (excluding diaryl/α,β-unsaturated/α-hetero) is 1. The summed E-state index contributed by atoms with van der Waals surface area (Å²) in [4.78, 5) is 30.2. The van der Waals surface area contributed by atoms with Crippen LogP contribution in [-0.4, -0.2) is 29.7 Å². The lowest BCUT2D eigenvalue weighted by Gasteiger charge is -2.48. The van der Waals surface area contributed by atoms with Crippen molar-refractivity contribution in [2.75, 3.05) is 13.1 Å². The van der Waals surface area contributed by atoms with Crippen LogP contribution < -0.4 is 0 Å². The molecule has 0 unspecified atom stereocenters. The van der Waals surface area contributed by atoms with Crippen LogP contribution >= 0.6 is 0 Å². The molecule has 0 radical (unpaired) electrons. The number of hydrogen-bond donors (Lipinski definition) is 0. The maximum Gasteiger partial charge on any atom is 0.228 e. The third-order valence-corrected chi connectivity index (χ3v) is 4.63. The van der Waals surface area contributed by atoms with Gasteiger partial charge in [-0.3, -0.25) is 4.79 Å². The van der Waals surface area contributed by atoms with Crippen LogP contribution in [0.4, 0.5) is 0 Å². The molecular weight excluding hydrogens is 276 g/mol. The van der Waals surface area contributed by atoms with Crippen molar-refractivity contribution in [2.24, 2.45) is 16.2 Å². The Bertz CT molecular complexity index is 641. The van der Waals surface area contributed by atoms with Crippen molar-refractivity contribution in [2.45, 2.75) is 41.5 Å². The minimum absolute atomic E-state index is 0.0940. The summed E-state index contributed by atoms with van der Waals surface area (Å²) >= 11 is 0. The van der Waals surface area contributed by atoms with Crippen LogP contribution in [0.2, 0.25) is 0 Å². The van der Waals surface area contributed by atoms with Gasteiger partial charge in [-0.15, -0.1) is 0 Å². The Kier molecular flexibility index (Phi) is 3.60. The van der Waals surface area contributed by atoms with E-state index >= 15 is 0 Å². The van der Waals surface area contributed by atoms with E-state index in [4.69, 9.17) is 6.57 Å². The number of carbonyl (C=O) groups is 2. The van der Waals surface area contributed by atoms with E-state index in [1.54, 1.807) is 6.08 Å². The quantitative estimate of drug-likeness (QED) is 0.509. The van der Waals surface area contributed by atoms with Gasteiger partial charge in [0.15, 0.2) is 5.78 Å². The number of nitrogens with zero attached hydrogens (tertiary/aromatic N) is 2. The van der Waals surface area contributed by atoms with Crippen molar-refractivity contribution in [3.8, 4) is 0 Å². The van der Waals surface area contributed by atoms with E-state index in [9.17, 15) is 9.59 Å². The molecule has 118 valence electrons. The number of amides is 1. The van der Waals surface area contributed by atoms with Crippen LogP contribution in [0.3, 0.4) is 0 Å². The molecule has 4 heteroatoms. The summed E-state index contributed by atoms with van der Waals surface area (Å²) < 4.78 is 0. The van der Waals surface area contributed by atoms with E-state index in [0.717, 1.165) is 5.57 Å². The predicted octanol–water partition coefficient (Wildman–Crippen LogP) is 3.22. The number of hydrogen-bond acceptors (Lipinski definition) is 2. The van der Waals surface area contributed by atoms with Gasteiger partial charge in [0.05, 0.1) is 6.57 Å². The fraction of sp³-hybridized carbons (Fsp3) is 0.611. The first-order chi connectivity index (χ1) is 9.93. The summed E-state index contributed by atoms with van der Waals surface area (Å²) in [7, 11) is 0. The Morgan fingerprint density at radius 2 is 1.91 bits per heavy atom. The number of allylic oxidation sites excluding steroid dienone is 1. The molecule has 0 aromatic heterocycles. The number of fused-ring (bicyclic) bond motifs is 1. The lowest BCUT2D eigenvalue weighted by Crippen LogP contribution is -2.52. The van der Waals surface area contributed by atoms with Crippen molar-refractivity contribution in [1.82, 2.24) is 4.90 Å². The molecule has 22 heavy (non-hydrogen) atoms. The second-order valence-electron chi connectivity index (χ2n) is 8.07. The summed E-state index contributed by atoms with van der Waals surface area (Å²) in [5.74, 6) is -0.0293. The van der Waals surface area contributed by atoms with E-state index in [2.05, 4.69) is 4.85 Å². The van der Waals surface area contributed by atoms with Gasteiger partial charge in [0.25, 0.3) is 0 Å². The Hall–Kier alpha value is -1.89. The third kappa shape index (κ3) is 2.39. The molecule has 0 N–H and O–H groups in total. The van der Waals surface area contributed by atoms with Gasteiger partial charge < -0.3 is 9.69 Å². The van der Waals surface area contributed by atoms with Gasteiger partial charge >= 0.3 is 0 Å². The first-order valence-corrected chi connectivity index (χ1v) is 7.59. The lowest BCUT2D eigenvalue weighted by molar-refractivity contribution is -0.140. The van der Waals surface area contributed by atoms with Crippen LogP contribution in [0.1, 0.15) is 41.5 Å². The molecule has 0 bridgehead atoms.